The van der Waals surface area contributed by atoms with Crippen molar-refractivity contribution in [1.82, 2.24) is 5.32 Å². The number of hydrogen-bond donors (Lipinski definition) is 1. The van der Waals surface area contributed by atoms with E-state index in [4.69, 9.17) is 4.42 Å². The minimum Gasteiger partial charge on any atom is -0.459 e. The highest BCUT2D eigenvalue weighted by molar-refractivity contribution is 6.04. The maximum absolute atomic E-state index is 13.0. The van der Waals surface area contributed by atoms with Crippen molar-refractivity contribution < 1.29 is 18.8 Å². The summed E-state index contributed by atoms with van der Waals surface area (Å²) >= 11 is 0. The average molecular weight is 429 g/mol. The van der Waals surface area contributed by atoms with E-state index in [0.717, 1.165) is 28.9 Å². The SMILES string of the molecule is CC(NC(=O)c1occc1CN1C(=O)Cc2ccccc21)C(=O)N1CCc2ccccc21. The van der Waals surface area contributed by atoms with Gasteiger partial charge in [-0.2, -0.15) is 0 Å². The van der Waals surface area contributed by atoms with Crippen LogP contribution in [0.3, 0.4) is 0 Å². The van der Waals surface area contributed by atoms with Crippen molar-refractivity contribution in [2.45, 2.75) is 32.4 Å². The Bertz CT molecular complexity index is 1220. The summed E-state index contributed by atoms with van der Waals surface area (Å²) in [7, 11) is 0. The van der Waals surface area contributed by atoms with Crippen molar-refractivity contribution in [2.75, 3.05) is 16.3 Å². The monoisotopic (exact) mass is 429 g/mol. The standard InChI is InChI=1S/C25H23N3O4/c1-16(25(31)27-12-10-17-6-2-4-8-20(17)27)26-24(30)23-19(11-13-32-23)15-28-21-9-5-3-7-18(21)14-22(28)29/h2-9,11,13,16H,10,12,14-15H2,1H3,(H,26,30). The van der Waals surface area contributed by atoms with E-state index in [1.165, 1.54) is 6.26 Å². The van der Waals surface area contributed by atoms with Crippen molar-refractivity contribution >= 4 is 29.1 Å². The molecule has 5 rings (SSSR count). The third kappa shape index (κ3) is 3.45. The van der Waals surface area contributed by atoms with Crippen LogP contribution in [0.15, 0.2) is 65.3 Å². The Labute approximate surface area is 185 Å². The van der Waals surface area contributed by atoms with Crippen LogP contribution in [0.25, 0.3) is 0 Å². The molecular formula is C25H23N3O4. The Hall–Kier alpha value is -3.87. The molecule has 1 atom stereocenters. The number of furan rings is 1. The van der Waals surface area contributed by atoms with Gasteiger partial charge in [0.2, 0.25) is 11.8 Å². The first-order valence-corrected chi connectivity index (χ1v) is 10.7. The van der Waals surface area contributed by atoms with E-state index in [9.17, 15) is 14.4 Å². The van der Waals surface area contributed by atoms with Crippen LogP contribution in [-0.2, 0) is 29.0 Å². The van der Waals surface area contributed by atoms with Gasteiger partial charge in [0.1, 0.15) is 6.04 Å². The first-order valence-electron chi connectivity index (χ1n) is 10.7. The Kier molecular flexibility index (Phi) is 5.01. The molecule has 1 N–H and O–H groups in total. The molecule has 1 aromatic heterocycles. The number of hydrogen-bond acceptors (Lipinski definition) is 4. The molecule has 1 unspecified atom stereocenters. The van der Waals surface area contributed by atoms with Crippen LogP contribution in [0.4, 0.5) is 11.4 Å². The van der Waals surface area contributed by atoms with Gasteiger partial charge in [-0.3, -0.25) is 14.4 Å². The lowest BCUT2D eigenvalue weighted by molar-refractivity contribution is -0.120. The number of nitrogens with zero attached hydrogens (tertiary/aromatic N) is 2. The second-order valence-corrected chi connectivity index (χ2v) is 8.12. The summed E-state index contributed by atoms with van der Waals surface area (Å²) in [6.45, 7) is 2.50. The fraction of sp³-hybridized carbons (Fsp3) is 0.240. The van der Waals surface area contributed by atoms with E-state index in [2.05, 4.69) is 5.32 Å². The predicted octanol–water partition coefficient (Wildman–Crippen LogP) is 3.08. The first kappa shape index (κ1) is 20.1. The molecule has 0 spiro atoms. The number of fused-ring (bicyclic) bond motifs is 2. The van der Waals surface area contributed by atoms with E-state index < -0.39 is 11.9 Å². The van der Waals surface area contributed by atoms with Crippen LogP contribution in [-0.4, -0.2) is 30.3 Å². The number of carbonyl (C=O) groups is 3. The fourth-order valence-corrected chi connectivity index (χ4v) is 4.44. The van der Waals surface area contributed by atoms with Gasteiger partial charge in [0.25, 0.3) is 5.91 Å². The van der Waals surface area contributed by atoms with Gasteiger partial charge in [0.15, 0.2) is 5.76 Å². The van der Waals surface area contributed by atoms with Crippen LogP contribution in [0.2, 0.25) is 0 Å². The highest BCUT2D eigenvalue weighted by Crippen LogP contribution is 2.31. The Morgan fingerprint density at radius 1 is 1.03 bits per heavy atom. The fourth-order valence-electron chi connectivity index (χ4n) is 4.44. The third-order valence-electron chi connectivity index (χ3n) is 6.08. The van der Waals surface area contributed by atoms with Crippen LogP contribution in [0.5, 0.6) is 0 Å². The smallest absolute Gasteiger partial charge is 0.287 e. The van der Waals surface area contributed by atoms with E-state index in [1.54, 1.807) is 22.8 Å². The summed E-state index contributed by atoms with van der Waals surface area (Å²) in [4.78, 5) is 41.8. The van der Waals surface area contributed by atoms with Gasteiger partial charge < -0.3 is 19.5 Å². The Morgan fingerprint density at radius 2 is 1.75 bits per heavy atom. The Morgan fingerprint density at radius 3 is 2.56 bits per heavy atom. The van der Waals surface area contributed by atoms with Crippen molar-refractivity contribution in [1.29, 1.82) is 0 Å². The second-order valence-electron chi connectivity index (χ2n) is 8.12. The number of para-hydroxylation sites is 2. The zero-order chi connectivity index (χ0) is 22.2. The zero-order valence-corrected chi connectivity index (χ0v) is 17.7. The summed E-state index contributed by atoms with van der Waals surface area (Å²) in [6.07, 6.45) is 2.58. The lowest BCUT2D eigenvalue weighted by Crippen LogP contribution is -2.46. The molecule has 0 saturated carbocycles. The Balaban J connectivity index is 1.29. The van der Waals surface area contributed by atoms with Gasteiger partial charge in [-0.05, 0) is 42.7 Å². The highest BCUT2D eigenvalue weighted by atomic mass is 16.3. The number of amides is 3. The van der Waals surface area contributed by atoms with Gasteiger partial charge in [0, 0.05) is 23.5 Å². The molecule has 7 heteroatoms. The second kappa shape index (κ2) is 8.00. The zero-order valence-electron chi connectivity index (χ0n) is 17.7. The van der Waals surface area contributed by atoms with Gasteiger partial charge in [-0.25, -0.2) is 0 Å². The molecule has 0 saturated heterocycles. The van der Waals surface area contributed by atoms with Gasteiger partial charge in [-0.15, -0.1) is 0 Å². The largest absolute Gasteiger partial charge is 0.459 e. The molecule has 0 aliphatic carbocycles. The molecule has 0 bridgehead atoms. The number of rotatable bonds is 5. The van der Waals surface area contributed by atoms with Crippen molar-refractivity contribution in [3.05, 3.63) is 83.3 Å². The molecule has 2 aliphatic heterocycles. The van der Waals surface area contributed by atoms with Crippen LogP contribution >= 0.6 is 0 Å². The summed E-state index contributed by atoms with van der Waals surface area (Å²) in [6, 6.07) is 16.4. The number of benzene rings is 2. The average Bonchev–Trinajstić information content (AvgIpc) is 3.51. The first-order chi connectivity index (χ1) is 15.5. The number of anilines is 2. The molecule has 7 nitrogen and oxygen atoms in total. The molecule has 0 radical (unpaired) electrons. The molecule has 2 aliphatic rings. The summed E-state index contributed by atoms with van der Waals surface area (Å²) in [5.41, 5.74) is 4.43. The van der Waals surface area contributed by atoms with Gasteiger partial charge in [0.05, 0.1) is 19.2 Å². The summed E-state index contributed by atoms with van der Waals surface area (Å²) in [5, 5.41) is 2.76. The van der Waals surface area contributed by atoms with Gasteiger partial charge in [-0.1, -0.05) is 36.4 Å². The van der Waals surface area contributed by atoms with E-state index >= 15 is 0 Å². The third-order valence-corrected chi connectivity index (χ3v) is 6.08. The molecule has 162 valence electrons. The molecule has 3 aromatic rings. The van der Waals surface area contributed by atoms with Crippen molar-refractivity contribution in [2.24, 2.45) is 0 Å². The highest BCUT2D eigenvalue weighted by Gasteiger charge is 2.31. The normalized spacial score (nSPS) is 15.5. The molecule has 3 heterocycles. The maximum atomic E-state index is 13.0. The van der Waals surface area contributed by atoms with Crippen LogP contribution in [0, 0.1) is 0 Å². The van der Waals surface area contributed by atoms with E-state index in [-0.39, 0.29) is 24.1 Å². The maximum Gasteiger partial charge on any atom is 0.287 e. The van der Waals surface area contributed by atoms with E-state index in [1.807, 2.05) is 48.5 Å². The number of nitrogens with one attached hydrogen (secondary N) is 1. The molecule has 3 amide bonds. The lowest BCUT2D eigenvalue weighted by Gasteiger charge is -2.22. The molecule has 32 heavy (non-hydrogen) atoms. The molecule has 0 fully saturated rings. The van der Waals surface area contributed by atoms with Crippen molar-refractivity contribution in [3.8, 4) is 0 Å². The molecule has 2 aromatic carbocycles. The van der Waals surface area contributed by atoms with Gasteiger partial charge >= 0.3 is 0 Å². The van der Waals surface area contributed by atoms with Crippen LogP contribution < -0.4 is 15.1 Å². The minimum atomic E-state index is -0.722. The quantitative estimate of drug-likeness (QED) is 0.676. The summed E-state index contributed by atoms with van der Waals surface area (Å²) < 4.78 is 5.45. The molecular weight excluding hydrogens is 406 g/mol. The van der Waals surface area contributed by atoms with Crippen molar-refractivity contribution in [3.63, 3.8) is 0 Å². The summed E-state index contributed by atoms with van der Waals surface area (Å²) in [5.74, 6) is -0.544. The van der Waals surface area contributed by atoms with E-state index in [0.29, 0.717) is 18.5 Å². The van der Waals surface area contributed by atoms with Crippen LogP contribution in [0.1, 0.15) is 34.2 Å². The topological polar surface area (TPSA) is 82.9 Å². The minimum absolute atomic E-state index is 0.0185. The predicted molar refractivity (Wildman–Crippen MR) is 119 cm³/mol. The number of carbonyl (C=O) groups excluding carboxylic acids is 3. The lowest BCUT2D eigenvalue weighted by atomic mass is 10.1.